The summed E-state index contributed by atoms with van der Waals surface area (Å²) in [5.74, 6) is 0.868. The summed E-state index contributed by atoms with van der Waals surface area (Å²) in [6.45, 7) is 2.77. The molecule has 160 valence electrons. The van der Waals surface area contributed by atoms with E-state index in [1.807, 2.05) is 4.90 Å². The van der Waals surface area contributed by atoms with Crippen molar-refractivity contribution in [1.82, 2.24) is 14.5 Å². The molecular weight excluding hydrogens is 394 g/mol. The van der Waals surface area contributed by atoms with Crippen molar-refractivity contribution in [2.75, 3.05) is 39.0 Å². The molecular formula is C20H29N3O5S. The minimum Gasteiger partial charge on any atom is -0.465 e. The maximum atomic E-state index is 12.4. The van der Waals surface area contributed by atoms with Crippen LogP contribution < -0.4 is 5.32 Å². The second kappa shape index (κ2) is 9.58. The molecule has 2 fully saturated rings. The van der Waals surface area contributed by atoms with E-state index in [1.165, 1.54) is 16.6 Å². The van der Waals surface area contributed by atoms with Crippen LogP contribution in [-0.2, 0) is 19.6 Å². The molecule has 2 aliphatic heterocycles. The van der Waals surface area contributed by atoms with Gasteiger partial charge in [-0.05, 0) is 49.8 Å². The number of hydrogen-bond donors (Lipinski definition) is 1. The van der Waals surface area contributed by atoms with Gasteiger partial charge in [-0.15, -0.1) is 0 Å². The Balaban J connectivity index is 1.35. The minimum atomic E-state index is -3.17. The summed E-state index contributed by atoms with van der Waals surface area (Å²) in [6.07, 6.45) is 8.81. The van der Waals surface area contributed by atoms with Gasteiger partial charge in [0.25, 0.3) is 0 Å². The van der Waals surface area contributed by atoms with Crippen LogP contribution in [0, 0.1) is 11.8 Å². The molecule has 0 aromatic carbocycles. The first-order chi connectivity index (χ1) is 13.8. The molecule has 0 atom stereocenters. The van der Waals surface area contributed by atoms with Gasteiger partial charge in [0.2, 0.25) is 21.8 Å². The highest BCUT2D eigenvalue weighted by molar-refractivity contribution is 7.88. The van der Waals surface area contributed by atoms with Crippen LogP contribution in [0.15, 0.2) is 28.9 Å². The third-order valence-electron chi connectivity index (χ3n) is 5.72. The van der Waals surface area contributed by atoms with Crippen molar-refractivity contribution in [3.05, 3.63) is 30.2 Å². The Labute approximate surface area is 172 Å². The third kappa shape index (κ3) is 6.17. The van der Waals surface area contributed by atoms with E-state index in [2.05, 4.69) is 5.32 Å². The monoisotopic (exact) mass is 423 g/mol. The molecule has 0 radical (unpaired) electrons. The molecule has 3 rings (SSSR count). The zero-order valence-corrected chi connectivity index (χ0v) is 17.6. The van der Waals surface area contributed by atoms with Gasteiger partial charge in [0.1, 0.15) is 5.76 Å². The molecule has 9 heteroatoms. The number of carbonyl (C=O) groups is 2. The summed E-state index contributed by atoms with van der Waals surface area (Å²) in [7, 11) is -3.17. The van der Waals surface area contributed by atoms with Crippen LogP contribution in [0.4, 0.5) is 0 Å². The summed E-state index contributed by atoms with van der Waals surface area (Å²) in [6, 6.07) is 3.57. The summed E-state index contributed by atoms with van der Waals surface area (Å²) in [4.78, 5) is 26.5. The molecule has 1 aromatic rings. The summed E-state index contributed by atoms with van der Waals surface area (Å²) < 4.78 is 29.7. The van der Waals surface area contributed by atoms with E-state index >= 15 is 0 Å². The fourth-order valence-corrected chi connectivity index (χ4v) is 4.72. The standard InChI is InChI=1S/C20H29N3O5S/c1-29(26,27)23-12-8-17(9-13-23)20(25)21-15-16-6-10-22(11-7-16)19(24)5-4-18-3-2-14-28-18/h2-5,14,16-17H,6-13,15H2,1H3,(H,21,25). The fraction of sp³-hybridized carbons (Fsp3) is 0.600. The average Bonchev–Trinajstić information content (AvgIpc) is 3.24. The van der Waals surface area contributed by atoms with Gasteiger partial charge in [0.15, 0.2) is 0 Å². The minimum absolute atomic E-state index is 0.0121. The topological polar surface area (TPSA) is 99.9 Å². The number of nitrogens with zero attached hydrogens (tertiary/aromatic N) is 2. The summed E-state index contributed by atoms with van der Waals surface area (Å²) in [5.41, 5.74) is 0. The van der Waals surface area contributed by atoms with E-state index < -0.39 is 10.0 Å². The van der Waals surface area contributed by atoms with Crippen molar-refractivity contribution in [2.24, 2.45) is 11.8 Å². The highest BCUT2D eigenvalue weighted by atomic mass is 32.2. The molecule has 1 N–H and O–H groups in total. The van der Waals surface area contributed by atoms with Crippen LogP contribution in [0.5, 0.6) is 0 Å². The first kappa shape index (κ1) is 21.6. The molecule has 8 nitrogen and oxygen atoms in total. The molecule has 2 amide bonds. The smallest absolute Gasteiger partial charge is 0.246 e. The van der Waals surface area contributed by atoms with Gasteiger partial charge < -0.3 is 14.6 Å². The normalized spacial score (nSPS) is 20.2. The van der Waals surface area contributed by atoms with Gasteiger partial charge in [-0.2, -0.15) is 0 Å². The van der Waals surface area contributed by atoms with E-state index in [4.69, 9.17) is 4.42 Å². The Kier molecular flexibility index (Phi) is 7.13. The quantitative estimate of drug-likeness (QED) is 0.696. The third-order valence-corrected chi connectivity index (χ3v) is 7.02. The number of nitrogens with one attached hydrogen (secondary N) is 1. The average molecular weight is 424 g/mol. The zero-order valence-electron chi connectivity index (χ0n) is 16.7. The van der Waals surface area contributed by atoms with Crippen molar-refractivity contribution in [2.45, 2.75) is 25.7 Å². The van der Waals surface area contributed by atoms with Crippen molar-refractivity contribution in [3.63, 3.8) is 0 Å². The summed E-state index contributed by atoms with van der Waals surface area (Å²) >= 11 is 0. The van der Waals surface area contributed by atoms with Crippen molar-refractivity contribution in [1.29, 1.82) is 0 Å². The molecule has 0 spiro atoms. The van der Waals surface area contributed by atoms with Gasteiger partial charge in [-0.25, -0.2) is 12.7 Å². The first-order valence-electron chi connectivity index (χ1n) is 10.1. The van der Waals surface area contributed by atoms with Crippen LogP contribution in [0.1, 0.15) is 31.4 Å². The van der Waals surface area contributed by atoms with Crippen molar-refractivity contribution >= 4 is 27.9 Å². The molecule has 2 saturated heterocycles. The Morgan fingerprint density at radius 3 is 2.45 bits per heavy atom. The number of likely N-dealkylation sites (tertiary alicyclic amines) is 1. The van der Waals surface area contributed by atoms with E-state index in [1.54, 1.807) is 24.5 Å². The number of piperidine rings is 2. The van der Waals surface area contributed by atoms with E-state index in [0.717, 1.165) is 12.8 Å². The Hall–Kier alpha value is -2.13. The van der Waals surface area contributed by atoms with E-state index in [0.29, 0.717) is 57.2 Å². The van der Waals surface area contributed by atoms with E-state index in [9.17, 15) is 18.0 Å². The predicted octanol–water partition coefficient (Wildman–Crippen LogP) is 1.32. The zero-order chi connectivity index (χ0) is 20.9. The molecule has 29 heavy (non-hydrogen) atoms. The fourth-order valence-electron chi connectivity index (χ4n) is 3.84. The van der Waals surface area contributed by atoms with Crippen LogP contribution in [0.3, 0.4) is 0 Å². The van der Waals surface area contributed by atoms with Crippen LogP contribution in [0.25, 0.3) is 6.08 Å². The lowest BCUT2D eigenvalue weighted by Crippen LogP contribution is -2.45. The maximum absolute atomic E-state index is 12.4. The number of carbonyl (C=O) groups excluding carboxylic acids is 2. The molecule has 3 heterocycles. The lowest BCUT2D eigenvalue weighted by Gasteiger charge is -2.32. The summed E-state index contributed by atoms with van der Waals surface area (Å²) in [5, 5.41) is 3.03. The van der Waals surface area contributed by atoms with Crippen LogP contribution in [0.2, 0.25) is 0 Å². The predicted molar refractivity (Wildman–Crippen MR) is 109 cm³/mol. The van der Waals surface area contributed by atoms with Crippen molar-refractivity contribution in [3.8, 4) is 0 Å². The highest BCUT2D eigenvalue weighted by Crippen LogP contribution is 2.21. The molecule has 0 saturated carbocycles. The first-order valence-corrected chi connectivity index (χ1v) is 11.9. The van der Waals surface area contributed by atoms with E-state index in [-0.39, 0.29) is 17.7 Å². The Morgan fingerprint density at radius 2 is 1.86 bits per heavy atom. The molecule has 2 aliphatic rings. The van der Waals surface area contributed by atoms with Gasteiger partial charge in [0.05, 0.1) is 12.5 Å². The molecule has 0 bridgehead atoms. The lowest BCUT2D eigenvalue weighted by atomic mass is 9.94. The van der Waals surface area contributed by atoms with Gasteiger partial charge in [0, 0.05) is 44.7 Å². The van der Waals surface area contributed by atoms with Gasteiger partial charge in [-0.3, -0.25) is 9.59 Å². The Morgan fingerprint density at radius 1 is 1.17 bits per heavy atom. The highest BCUT2D eigenvalue weighted by Gasteiger charge is 2.29. The molecule has 0 unspecified atom stereocenters. The van der Waals surface area contributed by atoms with Crippen LogP contribution >= 0.6 is 0 Å². The van der Waals surface area contributed by atoms with Crippen LogP contribution in [-0.4, -0.2) is 68.4 Å². The number of sulfonamides is 1. The number of rotatable bonds is 6. The maximum Gasteiger partial charge on any atom is 0.246 e. The van der Waals surface area contributed by atoms with Gasteiger partial charge >= 0.3 is 0 Å². The molecule has 1 aromatic heterocycles. The second-order valence-corrected chi connectivity index (χ2v) is 9.78. The number of hydrogen-bond acceptors (Lipinski definition) is 5. The number of furan rings is 1. The Bertz CT molecular complexity index is 818. The SMILES string of the molecule is CS(=O)(=O)N1CCC(C(=O)NCC2CCN(C(=O)C=Cc3ccco3)CC2)CC1. The largest absolute Gasteiger partial charge is 0.465 e. The molecule has 0 aliphatic carbocycles. The van der Waals surface area contributed by atoms with Crippen molar-refractivity contribution < 1.29 is 22.4 Å². The van der Waals surface area contributed by atoms with Gasteiger partial charge in [-0.1, -0.05) is 0 Å². The lowest BCUT2D eigenvalue weighted by molar-refractivity contribution is -0.128. The number of amides is 2. The second-order valence-electron chi connectivity index (χ2n) is 7.80.